The lowest BCUT2D eigenvalue weighted by atomic mass is 10.0. The first-order valence-electron chi connectivity index (χ1n) is 14.8. The van der Waals surface area contributed by atoms with Crippen molar-refractivity contribution in [2.45, 2.75) is 6.17 Å². The maximum absolute atomic E-state index is 6.72. The van der Waals surface area contributed by atoms with Gasteiger partial charge in [0.15, 0.2) is 12.0 Å². The SMILES string of the molecule is c1ccc(C2=NC(c3c(-n4c5ccccc5c5ccccc54)ccc4c3oc3ccccc34)NC(c3ccccc3)=N2)cc1. The number of para-hydroxylation sites is 3. The lowest BCUT2D eigenvalue weighted by Crippen LogP contribution is -2.34. The van der Waals surface area contributed by atoms with Gasteiger partial charge in [0.05, 0.1) is 22.3 Å². The Bertz CT molecular complexity index is 2360. The van der Waals surface area contributed by atoms with Crippen LogP contribution in [0.25, 0.3) is 49.4 Å². The molecule has 6 aromatic carbocycles. The molecule has 208 valence electrons. The van der Waals surface area contributed by atoms with Crippen LogP contribution < -0.4 is 5.32 Å². The van der Waals surface area contributed by atoms with Crippen molar-refractivity contribution in [3.05, 3.63) is 162 Å². The van der Waals surface area contributed by atoms with E-state index in [4.69, 9.17) is 14.4 Å². The monoisotopic (exact) mass is 566 g/mol. The fraction of sp³-hybridized carbons (Fsp3) is 0.0256. The van der Waals surface area contributed by atoms with E-state index >= 15 is 0 Å². The Labute approximate surface area is 253 Å². The molecular weight excluding hydrogens is 540 g/mol. The van der Waals surface area contributed by atoms with E-state index in [-0.39, 0.29) is 0 Å². The summed E-state index contributed by atoms with van der Waals surface area (Å²) in [5.41, 5.74) is 7.85. The normalized spacial score (nSPS) is 15.0. The van der Waals surface area contributed by atoms with Crippen molar-refractivity contribution < 1.29 is 4.42 Å². The Morgan fingerprint density at radius 1 is 0.545 bits per heavy atom. The minimum atomic E-state index is -0.475. The first-order valence-corrected chi connectivity index (χ1v) is 14.8. The lowest BCUT2D eigenvalue weighted by Gasteiger charge is -2.26. The molecule has 0 fully saturated rings. The number of furan rings is 1. The lowest BCUT2D eigenvalue weighted by molar-refractivity contribution is 0.626. The highest BCUT2D eigenvalue weighted by Crippen LogP contribution is 2.41. The maximum atomic E-state index is 6.72. The van der Waals surface area contributed by atoms with Crippen LogP contribution in [0.2, 0.25) is 0 Å². The predicted molar refractivity (Wildman–Crippen MR) is 180 cm³/mol. The van der Waals surface area contributed by atoms with Gasteiger partial charge < -0.3 is 14.3 Å². The molecule has 1 aliphatic heterocycles. The molecule has 2 aromatic heterocycles. The van der Waals surface area contributed by atoms with Crippen LogP contribution in [0.4, 0.5) is 0 Å². The molecule has 0 spiro atoms. The fourth-order valence-electron chi connectivity index (χ4n) is 6.50. The minimum Gasteiger partial charge on any atom is -0.456 e. The Morgan fingerprint density at radius 2 is 1.14 bits per heavy atom. The van der Waals surface area contributed by atoms with Crippen LogP contribution in [-0.4, -0.2) is 16.2 Å². The van der Waals surface area contributed by atoms with E-state index in [9.17, 15) is 0 Å². The average Bonchev–Trinajstić information content (AvgIpc) is 3.64. The molecule has 1 aliphatic rings. The van der Waals surface area contributed by atoms with Crippen molar-refractivity contribution in [2.24, 2.45) is 9.98 Å². The number of amidine groups is 2. The van der Waals surface area contributed by atoms with Gasteiger partial charge >= 0.3 is 0 Å². The summed E-state index contributed by atoms with van der Waals surface area (Å²) in [5.74, 6) is 1.44. The second-order valence-electron chi connectivity index (χ2n) is 11.0. The van der Waals surface area contributed by atoms with Crippen molar-refractivity contribution in [1.82, 2.24) is 9.88 Å². The van der Waals surface area contributed by atoms with Crippen molar-refractivity contribution >= 4 is 55.4 Å². The van der Waals surface area contributed by atoms with Crippen LogP contribution in [0.3, 0.4) is 0 Å². The molecule has 1 N–H and O–H groups in total. The zero-order valence-corrected chi connectivity index (χ0v) is 23.7. The van der Waals surface area contributed by atoms with E-state index in [1.807, 2.05) is 48.5 Å². The van der Waals surface area contributed by atoms with Crippen molar-refractivity contribution in [2.75, 3.05) is 0 Å². The zero-order chi connectivity index (χ0) is 29.0. The largest absolute Gasteiger partial charge is 0.456 e. The molecule has 3 heterocycles. The van der Waals surface area contributed by atoms with Gasteiger partial charge in [0.2, 0.25) is 0 Å². The van der Waals surface area contributed by atoms with Gasteiger partial charge in [0.1, 0.15) is 17.0 Å². The quantitative estimate of drug-likeness (QED) is 0.231. The van der Waals surface area contributed by atoms with Crippen LogP contribution in [0.5, 0.6) is 0 Å². The predicted octanol–water partition coefficient (Wildman–Crippen LogP) is 9.18. The van der Waals surface area contributed by atoms with E-state index < -0.39 is 6.17 Å². The summed E-state index contributed by atoms with van der Waals surface area (Å²) < 4.78 is 9.07. The summed E-state index contributed by atoms with van der Waals surface area (Å²) in [6.45, 7) is 0. The summed E-state index contributed by atoms with van der Waals surface area (Å²) in [4.78, 5) is 10.3. The number of nitrogens with zero attached hydrogens (tertiary/aromatic N) is 3. The molecule has 0 amide bonds. The summed E-state index contributed by atoms with van der Waals surface area (Å²) in [6.07, 6.45) is -0.475. The highest BCUT2D eigenvalue weighted by Gasteiger charge is 2.29. The Kier molecular flexibility index (Phi) is 5.50. The second-order valence-corrected chi connectivity index (χ2v) is 11.0. The third-order valence-electron chi connectivity index (χ3n) is 8.48. The molecule has 0 bridgehead atoms. The molecular formula is C39H26N4O. The van der Waals surface area contributed by atoms with Crippen molar-refractivity contribution in [1.29, 1.82) is 0 Å². The van der Waals surface area contributed by atoms with Crippen molar-refractivity contribution in [3.63, 3.8) is 0 Å². The smallest absolute Gasteiger partial charge is 0.159 e. The molecule has 5 nitrogen and oxygen atoms in total. The Morgan fingerprint density at radius 3 is 1.84 bits per heavy atom. The number of rotatable bonds is 4. The minimum absolute atomic E-state index is 0.475. The van der Waals surface area contributed by atoms with Crippen LogP contribution in [-0.2, 0) is 0 Å². The van der Waals surface area contributed by atoms with E-state index in [1.165, 1.54) is 10.8 Å². The van der Waals surface area contributed by atoms with Gasteiger partial charge in [-0.15, -0.1) is 0 Å². The molecule has 8 aromatic rings. The van der Waals surface area contributed by atoms with Gasteiger partial charge in [-0.2, -0.15) is 0 Å². The molecule has 0 saturated heterocycles. The third kappa shape index (κ3) is 3.80. The molecule has 9 rings (SSSR count). The summed E-state index contributed by atoms with van der Waals surface area (Å²) in [6, 6.07) is 50.2. The van der Waals surface area contributed by atoms with E-state index in [1.54, 1.807) is 0 Å². The Hall–Kier alpha value is -5.94. The van der Waals surface area contributed by atoms with E-state index in [0.29, 0.717) is 5.84 Å². The average molecular weight is 567 g/mol. The highest BCUT2D eigenvalue weighted by molar-refractivity contribution is 6.14. The summed E-state index contributed by atoms with van der Waals surface area (Å²) >= 11 is 0. The van der Waals surface area contributed by atoms with Crippen LogP contribution >= 0.6 is 0 Å². The van der Waals surface area contributed by atoms with Gasteiger partial charge in [-0.1, -0.05) is 115 Å². The Balaban J connectivity index is 1.38. The van der Waals surface area contributed by atoms with Gasteiger partial charge in [0, 0.05) is 32.7 Å². The van der Waals surface area contributed by atoms with Gasteiger partial charge in [-0.05, 0) is 30.3 Å². The summed E-state index contributed by atoms with van der Waals surface area (Å²) in [7, 11) is 0. The molecule has 1 unspecified atom stereocenters. The molecule has 0 radical (unpaired) electrons. The number of nitrogens with one attached hydrogen (secondary N) is 1. The van der Waals surface area contributed by atoms with Gasteiger partial charge in [-0.25, -0.2) is 9.98 Å². The van der Waals surface area contributed by atoms with Gasteiger partial charge in [-0.3, -0.25) is 0 Å². The number of benzene rings is 6. The van der Waals surface area contributed by atoms with Gasteiger partial charge in [0.25, 0.3) is 0 Å². The maximum Gasteiger partial charge on any atom is 0.159 e. The zero-order valence-electron chi connectivity index (χ0n) is 23.7. The molecule has 5 heteroatoms. The van der Waals surface area contributed by atoms with E-state index in [2.05, 4.69) is 107 Å². The molecule has 0 saturated carbocycles. The highest BCUT2D eigenvalue weighted by atomic mass is 16.3. The summed E-state index contributed by atoms with van der Waals surface area (Å²) in [5, 5.41) is 8.26. The van der Waals surface area contributed by atoms with Crippen LogP contribution in [0.1, 0.15) is 22.9 Å². The number of aliphatic imine (C=N–C) groups is 2. The second kappa shape index (κ2) is 9.82. The third-order valence-corrected chi connectivity index (χ3v) is 8.48. The number of aromatic nitrogens is 1. The van der Waals surface area contributed by atoms with Crippen LogP contribution in [0.15, 0.2) is 160 Å². The first-order chi connectivity index (χ1) is 21.8. The number of hydrogen-bond donors (Lipinski definition) is 1. The molecule has 1 atom stereocenters. The molecule has 0 aliphatic carbocycles. The standard InChI is InChI=1S/C39H26N4O/c1-3-13-25(14-4-1)37-40-38(26-15-5-2-6-16-26)42-39(41-37)35-33(24-23-30-29-19-9-12-22-34(29)44-36(30)35)43-31-20-10-7-17-27(31)28-18-8-11-21-32(28)43/h1-24,39H,(H,40,41,42). The number of hydrogen-bond acceptors (Lipinski definition) is 4. The fourth-order valence-corrected chi connectivity index (χ4v) is 6.50. The topological polar surface area (TPSA) is 54.8 Å². The van der Waals surface area contributed by atoms with Crippen LogP contribution in [0, 0.1) is 0 Å². The molecule has 44 heavy (non-hydrogen) atoms. The first kappa shape index (κ1) is 24.6. The number of fused-ring (bicyclic) bond motifs is 6. The van der Waals surface area contributed by atoms with E-state index in [0.717, 1.165) is 61.2 Å². The van der Waals surface area contributed by atoms with Crippen molar-refractivity contribution in [3.8, 4) is 5.69 Å².